The van der Waals surface area contributed by atoms with E-state index in [2.05, 4.69) is 25.2 Å². The average Bonchev–Trinajstić information content (AvgIpc) is 3.46. The lowest BCUT2D eigenvalue weighted by molar-refractivity contribution is -0.137. The van der Waals surface area contributed by atoms with Gasteiger partial charge in [0.25, 0.3) is 0 Å². The Labute approximate surface area is 248 Å². The number of aromatic nitrogens is 3. The number of piperazine rings is 1. The summed E-state index contributed by atoms with van der Waals surface area (Å²) >= 11 is 0. The van der Waals surface area contributed by atoms with E-state index in [1.807, 2.05) is 4.90 Å². The fourth-order valence-electron chi connectivity index (χ4n) is 7.32. The van der Waals surface area contributed by atoms with E-state index < -0.39 is 63.7 Å². The number of rotatable bonds is 4. The van der Waals surface area contributed by atoms with Crippen molar-refractivity contribution in [3.8, 4) is 23.1 Å². The third-order valence-electron chi connectivity index (χ3n) is 9.40. The lowest BCUT2D eigenvalue weighted by Crippen LogP contribution is -2.56. The minimum atomic E-state index is -5.06. The Morgan fingerprint density at radius 1 is 1.18 bits per heavy atom. The Morgan fingerprint density at radius 3 is 2.75 bits per heavy atom. The molecule has 1 aromatic carbocycles. The van der Waals surface area contributed by atoms with Gasteiger partial charge in [0.1, 0.15) is 47.1 Å². The predicted octanol–water partition coefficient (Wildman–Crippen LogP) is 4.39. The van der Waals surface area contributed by atoms with Crippen LogP contribution in [0, 0.1) is 18.6 Å². The molecule has 0 spiro atoms. The molecule has 236 valence electrons. The number of benzene rings is 1. The van der Waals surface area contributed by atoms with E-state index in [1.165, 1.54) is 0 Å². The standard InChI is InChI=1S/C29H31F6N7O2/c1-13-20(29(33,34)35)16(8-17(36)21(13)31)23-22(32)24-19-25(42-7-5-37-10-18(42)14(2)44-26(19)38-23)40-27(39-24)43-12-28-4-3-6-41(28)11-15(30)9-28/h8,14-15,18,37H,3-7,9-12,36H2,1-2H3/t14-,15-,18-,28+/m1/s1. The molecule has 7 rings (SSSR count). The number of fused-ring (bicyclic) bond motifs is 3. The van der Waals surface area contributed by atoms with E-state index in [1.54, 1.807) is 6.92 Å². The summed E-state index contributed by atoms with van der Waals surface area (Å²) in [5.41, 5.74) is 0.557. The summed E-state index contributed by atoms with van der Waals surface area (Å²) in [6.07, 6.45) is -4.70. The molecule has 0 saturated carbocycles. The molecule has 3 aromatic rings. The average molecular weight is 624 g/mol. The molecule has 0 bridgehead atoms. The van der Waals surface area contributed by atoms with Crippen molar-refractivity contribution in [2.45, 2.75) is 63.1 Å². The second-order valence-electron chi connectivity index (χ2n) is 12.1. The summed E-state index contributed by atoms with van der Waals surface area (Å²) in [6.45, 7) is 5.37. The molecule has 4 aliphatic heterocycles. The lowest BCUT2D eigenvalue weighted by Gasteiger charge is -2.38. The van der Waals surface area contributed by atoms with E-state index >= 15 is 4.39 Å². The molecule has 9 nitrogen and oxygen atoms in total. The van der Waals surface area contributed by atoms with Crippen LogP contribution in [0.15, 0.2) is 6.07 Å². The Bertz CT molecular complexity index is 1660. The van der Waals surface area contributed by atoms with Crippen molar-refractivity contribution in [1.82, 2.24) is 25.2 Å². The Kier molecular flexibility index (Phi) is 6.77. The van der Waals surface area contributed by atoms with E-state index in [4.69, 9.17) is 15.2 Å². The Morgan fingerprint density at radius 2 is 1.98 bits per heavy atom. The van der Waals surface area contributed by atoms with Crippen molar-refractivity contribution < 1.29 is 35.8 Å². The molecule has 0 unspecified atom stereocenters. The van der Waals surface area contributed by atoms with Crippen LogP contribution < -0.4 is 25.4 Å². The zero-order valence-electron chi connectivity index (χ0n) is 24.1. The van der Waals surface area contributed by atoms with Crippen molar-refractivity contribution >= 4 is 22.4 Å². The quantitative estimate of drug-likeness (QED) is 0.324. The fourth-order valence-corrected chi connectivity index (χ4v) is 7.32. The second-order valence-corrected chi connectivity index (χ2v) is 12.1. The number of alkyl halides is 4. The maximum Gasteiger partial charge on any atom is 0.417 e. The minimum absolute atomic E-state index is 0.0641. The van der Waals surface area contributed by atoms with Crippen LogP contribution in [0.2, 0.25) is 0 Å². The number of ether oxygens (including phenoxy) is 2. The van der Waals surface area contributed by atoms with Gasteiger partial charge in [0.2, 0.25) is 5.88 Å². The summed E-state index contributed by atoms with van der Waals surface area (Å²) < 4.78 is 101. The van der Waals surface area contributed by atoms with Crippen molar-refractivity contribution in [3.63, 3.8) is 0 Å². The van der Waals surface area contributed by atoms with Crippen LogP contribution in [-0.4, -0.2) is 83.0 Å². The number of anilines is 2. The zero-order valence-corrected chi connectivity index (χ0v) is 24.1. The van der Waals surface area contributed by atoms with Crippen LogP contribution in [0.5, 0.6) is 11.9 Å². The molecule has 0 aliphatic carbocycles. The molecule has 4 aliphatic rings. The summed E-state index contributed by atoms with van der Waals surface area (Å²) in [5, 5.41) is 3.37. The highest BCUT2D eigenvalue weighted by atomic mass is 19.4. The summed E-state index contributed by atoms with van der Waals surface area (Å²) in [6, 6.07) is 0.245. The molecule has 0 amide bonds. The number of nitrogens with one attached hydrogen (secondary N) is 1. The van der Waals surface area contributed by atoms with E-state index in [9.17, 15) is 22.0 Å². The SMILES string of the molecule is Cc1c(F)c(N)cc(-c2nc3c4c(nc(OC[C@@]56CCCN5C[C@H](F)C6)nc4c2F)N2CCNC[C@@H]2[C@@H](C)O3)c1C(F)(F)F. The van der Waals surface area contributed by atoms with E-state index in [0.717, 1.165) is 32.4 Å². The Balaban J connectivity index is 1.43. The molecule has 3 fully saturated rings. The fraction of sp³-hybridized carbons (Fsp3) is 0.552. The maximum absolute atomic E-state index is 16.6. The van der Waals surface area contributed by atoms with Crippen molar-refractivity contribution in [1.29, 1.82) is 0 Å². The third kappa shape index (κ3) is 4.49. The molecule has 44 heavy (non-hydrogen) atoms. The predicted molar refractivity (Wildman–Crippen MR) is 149 cm³/mol. The number of hydrogen-bond donors (Lipinski definition) is 2. The number of nitrogens with two attached hydrogens (primary N) is 1. The monoisotopic (exact) mass is 623 g/mol. The van der Waals surface area contributed by atoms with Crippen LogP contribution in [0.1, 0.15) is 37.3 Å². The van der Waals surface area contributed by atoms with Gasteiger partial charge in [-0.3, -0.25) is 4.90 Å². The van der Waals surface area contributed by atoms with Gasteiger partial charge in [-0.15, -0.1) is 0 Å². The summed E-state index contributed by atoms with van der Waals surface area (Å²) in [4.78, 5) is 17.2. The smallest absolute Gasteiger partial charge is 0.417 e. The molecular weight excluding hydrogens is 592 g/mol. The minimum Gasteiger partial charge on any atom is -0.472 e. The highest BCUT2D eigenvalue weighted by Gasteiger charge is 2.49. The number of nitrogens with zero attached hydrogens (tertiary/aromatic N) is 5. The zero-order chi connectivity index (χ0) is 31.1. The van der Waals surface area contributed by atoms with Crippen molar-refractivity contribution in [2.24, 2.45) is 0 Å². The first-order valence-electron chi connectivity index (χ1n) is 14.6. The van der Waals surface area contributed by atoms with Crippen LogP contribution in [0.4, 0.5) is 37.8 Å². The third-order valence-corrected chi connectivity index (χ3v) is 9.40. The number of nitrogen functional groups attached to an aromatic ring is 1. The van der Waals surface area contributed by atoms with E-state index in [-0.39, 0.29) is 47.7 Å². The van der Waals surface area contributed by atoms with Crippen molar-refractivity contribution in [3.05, 3.63) is 28.8 Å². The highest BCUT2D eigenvalue weighted by molar-refractivity contribution is 5.97. The van der Waals surface area contributed by atoms with Crippen LogP contribution in [-0.2, 0) is 6.18 Å². The first kappa shape index (κ1) is 29.1. The summed E-state index contributed by atoms with van der Waals surface area (Å²) in [7, 11) is 0. The van der Waals surface area contributed by atoms with Gasteiger partial charge in [0, 0.05) is 38.2 Å². The van der Waals surface area contributed by atoms with Crippen LogP contribution in [0.25, 0.3) is 22.2 Å². The molecule has 3 saturated heterocycles. The van der Waals surface area contributed by atoms with E-state index in [0.29, 0.717) is 26.2 Å². The second kappa shape index (κ2) is 10.2. The molecule has 2 aromatic heterocycles. The normalized spacial score (nSPS) is 26.8. The molecule has 4 atom stereocenters. The van der Waals surface area contributed by atoms with Gasteiger partial charge in [-0.1, -0.05) is 0 Å². The number of pyridine rings is 1. The van der Waals surface area contributed by atoms with Crippen LogP contribution in [0.3, 0.4) is 0 Å². The highest BCUT2D eigenvalue weighted by Crippen LogP contribution is 2.46. The van der Waals surface area contributed by atoms with Crippen molar-refractivity contribution in [2.75, 3.05) is 50.0 Å². The van der Waals surface area contributed by atoms with Gasteiger partial charge in [-0.25, -0.2) is 18.2 Å². The topological polar surface area (TPSA) is 102 Å². The summed E-state index contributed by atoms with van der Waals surface area (Å²) in [5.74, 6) is -2.33. The molecule has 0 radical (unpaired) electrons. The molecule has 15 heteroatoms. The largest absolute Gasteiger partial charge is 0.472 e. The first-order chi connectivity index (χ1) is 20.9. The maximum atomic E-state index is 16.6. The van der Waals surface area contributed by atoms with Gasteiger partial charge in [-0.05, 0) is 44.9 Å². The van der Waals surface area contributed by atoms with Crippen LogP contribution >= 0.6 is 0 Å². The van der Waals surface area contributed by atoms with Gasteiger partial charge in [0.05, 0.1) is 22.8 Å². The van der Waals surface area contributed by atoms with Gasteiger partial charge < -0.3 is 25.4 Å². The molecular formula is C29H31F6N7O2. The van der Waals surface area contributed by atoms with Gasteiger partial charge in [-0.2, -0.15) is 23.1 Å². The molecule has 6 heterocycles. The lowest BCUT2D eigenvalue weighted by atomic mass is 9.95. The number of halogens is 6. The first-order valence-corrected chi connectivity index (χ1v) is 14.6. The van der Waals surface area contributed by atoms with Gasteiger partial charge >= 0.3 is 12.2 Å². The number of hydrogen-bond acceptors (Lipinski definition) is 9. The molecule has 3 N–H and O–H groups in total. The van der Waals surface area contributed by atoms with Gasteiger partial charge in [0.15, 0.2) is 5.82 Å². The Hall–Kier alpha value is -3.59.